The number of carbonyl (C=O) groups excluding carboxylic acids is 3. The minimum absolute atomic E-state index is 0.0782. The summed E-state index contributed by atoms with van der Waals surface area (Å²) in [5, 5.41) is 9.83. The molecule has 2 aliphatic rings. The van der Waals surface area contributed by atoms with Gasteiger partial charge in [0.1, 0.15) is 5.84 Å². The molecule has 11 heteroatoms. The number of fused-ring (bicyclic) bond motifs is 1. The van der Waals surface area contributed by atoms with Gasteiger partial charge in [0.25, 0.3) is 5.91 Å². The van der Waals surface area contributed by atoms with Gasteiger partial charge in [0, 0.05) is 38.1 Å². The second kappa shape index (κ2) is 13.2. The van der Waals surface area contributed by atoms with Gasteiger partial charge in [-0.05, 0) is 59.4 Å². The van der Waals surface area contributed by atoms with Crippen LogP contribution in [0.15, 0.2) is 53.5 Å². The number of amides is 4. The third-order valence-electron chi connectivity index (χ3n) is 8.24. The summed E-state index contributed by atoms with van der Waals surface area (Å²) in [7, 11) is -1.91. The highest BCUT2D eigenvalue weighted by Crippen LogP contribution is 2.36. The number of primary amides is 1. The molecule has 2 aliphatic heterocycles. The fourth-order valence-electron chi connectivity index (χ4n) is 4.64. The molecule has 3 N–H and O–H groups in total. The third-order valence-corrected chi connectivity index (χ3v) is 12.8. The number of hydrogen-bond acceptors (Lipinski definition) is 7. The molecule has 1 fully saturated rings. The van der Waals surface area contributed by atoms with Crippen LogP contribution < -0.4 is 5.73 Å². The predicted molar refractivity (Wildman–Crippen MR) is 170 cm³/mol. The summed E-state index contributed by atoms with van der Waals surface area (Å²) < 4.78 is 11.5. The maximum Gasteiger partial charge on any atom is 0.423 e. The maximum absolute atomic E-state index is 12.9. The molecule has 2 heterocycles. The molecule has 4 rings (SSSR count). The molecule has 0 radical (unpaired) electrons. The Labute approximate surface area is 254 Å². The molecular weight excluding hydrogens is 564 g/mol. The van der Waals surface area contributed by atoms with Gasteiger partial charge in [-0.25, -0.2) is 14.6 Å². The van der Waals surface area contributed by atoms with Gasteiger partial charge in [-0.3, -0.25) is 4.79 Å². The molecule has 1 saturated heterocycles. The summed E-state index contributed by atoms with van der Waals surface area (Å²) >= 11 is 0. The molecule has 0 spiro atoms. The monoisotopic (exact) mass is 606 g/mol. The van der Waals surface area contributed by atoms with Crippen LogP contribution in [0, 0.1) is 0 Å². The first kappa shape index (κ1) is 32.1. The Morgan fingerprint density at radius 1 is 1.09 bits per heavy atom. The molecule has 0 unspecified atom stereocenters. The van der Waals surface area contributed by atoms with E-state index < -0.39 is 26.5 Å². The lowest BCUT2D eigenvalue weighted by Crippen LogP contribution is -2.45. The Balaban J connectivity index is 1.45. The van der Waals surface area contributed by atoms with Crippen LogP contribution in [0.5, 0.6) is 0 Å². The smallest absolute Gasteiger partial charge is 0.423 e. The second-order valence-electron chi connectivity index (χ2n) is 12.4. The Kier molecular flexibility index (Phi) is 9.88. The van der Waals surface area contributed by atoms with Gasteiger partial charge in [-0.1, -0.05) is 57.2 Å². The zero-order valence-electron chi connectivity index (χ0n) is 25.6. The molecule has 0 bridgehead atoms. The SMILES string of the molecule is CC(C)(C)[Si](C)(C)OCCCOC(=O)N(C(N)=O)C1=Nc2cc(-c3ccc(C(=O)N4CC[C@H](O)C4)cc3)ccc2C=CC1. The number of aliphatic hydroxyl groups is 1. The van der Waals surface area contributed by atoms with Crippen molar-refractivity contribution < 1.29 is 28.7 Å². The van der Waals surface area contributed by atoms with E-state index in [1.54, 1.807) is 17.0 Å². The number of imide groups is 1. The van der Waals surface area contributed by atoms with Crippen LogP contribution in [0.25, 0.3) is 17.2 Å². The van der Waals surface area contributed by atoms with Crippen LogP contribution in [-0.4, -0.2) is 79.5 Å². The molecule has 43 heavy (non-hydrogen) atoms. The summed E-state index contributed by atoms with van der Waals surface area (Å²) in [5.41, 5.74) is 9.26. The van der Waals surface area contributed by atoms with Crippen molar-refractivity contribution in [2.75, 3.05) is 26.3 Å². The highest BCUT2D eigenvalue weighted by molar-refractivity contribution is 6.74. The van der Waals surface area contributed by atoms with Crippen LogP contribution in [0.2, 0.25) is 18.1 Å². The van der Waals surface area contributed by atoms with Crippen LogP contribution in [-0.2, 0) is 9.16 Å². The molecule has 2 aromatic rings. The number of rotatable bonds is 7. The highest BCUT2D eigenvalue weighted by atomic mass is 28.4. The number of urea groups is 1. The average Bonchev–Trinajstić information content (AvgIpc) is 3.27. The standard InChI is InChI=1S/C32H42N4O6Si/c1-32(2,3)43(4,5)42-19-7-18-41-31(40)36(30(33)39)28-9-6-8-23-12-15-25(20-27(23)34-28)22-10-13-24(14-11-22)29(38)35-17-16-26(37)21-35/h6,8,10-15,20,26,37H,7,9,16-19,21H2,1-5H3,(H2,33,39)/t26-/m0/s1. The molecule has 230 valence electrons. The number of nitrogens with two attached hydrogens (primary N) is 1. The van der Waals surface area contributed by atoms with Crippen LogP contribution in [0.4, 0.5) is 15.3 Å². The van der Waals surface area contributed by atoms with Crippen molar-refractivity contribution in [2.45, 2.75) is 64.3 Å². The van der Waals surface area contributed by atoms with E-state index in [4.69, 9.17) is 14.9 Å². The predicted octanol–water partition coefficient (Wildman–Crippen LogP) is 5.94. The molecule has 4 amide bonds. The molecule has 10 nitrogen and oxygen atoms in total. The number of β-amino-alcohol motifs (C(OH)–C–C–N with tert-alkyl or cyclic N) is 1. The lowest BCUT2D eigenvalue weighted by atomic mass is 10.0. The maximum atomic E-state index is 12.9. The lowest BCUT2D eigenvalue weighted by molar-refractivity contribution is 0.0765. The van der Waals surface area contributed by atoms with Crippen molar-refractivity contribution in [3.63, 3.8) is 0 Å². The second-order valence-corrected chi connectivity index (χ2v) is 17.2. The molecule has 0 aliphatic carbocycles. The van der Waals surface area contributed by atoms with E-state index in [1.165, 1.54) is 0 Å². The van der Waals surface area contributed by atoms with Crippen molar-refractivity contribution in [1.82, 2.24) is 9.80 Å². The van der Waals surface area contributed by atoms with E-state index in [9.17, 15) is 19.5 Å². The Morgan fingerprint density at radius 3 is 2.42 bits per heavy atom. The van der Waals surface area contributed by atoms with Crippen LogP contribution >= 0.6 is 0 Å². The summed E-state index contributed by atoms with van der Waals surface area (Å²) in [6.07, 6.45) is 3.64. The van der Waals surface area contributed by atoms with E-state index in [0.717, 1.165) is 21.6 Å². The molecular formula is C32H42N4O6Si. The quantitative estimate of drug-likeness (QED) is 0.296. The lowest BCUT2D eigenvalue weighted by Gasteiger charge is -2.36. The first-order valence-corrected chi connectivity index (χ1v) is 17.5. The number of likely N-dealkylation sites (tertiary alicyclic amines) is 1. The normalized spacial score (nSPS) is 16.7. The van der Waals surface area contributed by atoms with Crippen molar-refractivity contribution in [3.05, 3.63) is 59.7 Å². The van der Waals surface area contributed by atoms with Gasteiger partial charge in [0.2, 0.25) is 0 Å². The van der Waals surface area contributed by atoms with E-state index >= 15 is 0 Å². The van der Waals surface area contributed by atoms with Crippen LogP contribution in [0.1, 0.15) is 56.0 Å². The number of benzene rings is 2. The summed E-state index contributed by atoms with van der Waals surface area (Å²) in [5.74, 6) is 0.0573. The fraction of sp³-hybridized carbons (Fsp3) is 0.438. The van der Waals surface area contributed by atoms with E-state index in [0.29, 0.717) is 43.8 Å². The summed E-state index contributed by atoms with van der Waals surface area (Å²) in [4.78, 5) is 45.1. The molecule has 0 saturated carbocycles. The number of nitrogens with zero attached hydrogens (tertiary/aromatic N) is 3. The number of amidine groups is 1. The fourth-order valence-corrected chi connectivity index (χ4v) is 5.73. The number of hydrogen-bond donors (Lipinski definition) is 2. The average molecular weight is 607 g/mol. The Morgan fingerprint density at radius 2 is 1.79 bits per heavy atom. The van der Waals surface area contributed by atoms with Crippen molar-refractivity contribution in [3.8, 4) is 11.1 Å². The van der Waals surface area contributed by atoms with Crippen molar-refractivity contribution in [2.24, 2.45) is 10.7 Å². The minimum atomic E-state index is -1.91. The third kappa shape index (κ3) is 7.78. The number of aliphatic imine (C=N–C) groups is 1. The Bertz CT molecular complexity index is 1410. The van der Waals surface area contributed by atoms with E-state index in [2.05, 4.69) is 38.9 Å². The molecule has 1 atom stereocenters. The van der Waals surface area contributed by atoms with Gasteiger partial charge < -0.3 is 24.9 Å². The highest BCUT2D eigenvalue weighted by Gasteiger charge is 2.37. The van der Waals surface area contributed by atoms with E-state index in [-0.39, 0.29) is 29.8 Å². The number of ether oxygens (including phenoxy) is 1. The van der Waals surface area contributed by atoms with Crippen LogP contribution in [0.3, 0.4) is 0 Å². The molecule has 2 aromatic carbocycles. The van der Waals surface area contributed by atoms with Gasteiger partial charge in [0.05, 0.1) is 18.4 Å². The van der Waals surface area contributed by atoms with Crippen molar-refractivity contribution >= 4 is 43.9 Å². The number of aliphatic hydroxyl groups excluding tert-OH is 1. The minimum Gasteiger partial charge on any atom is -0.449 e. The van der Waals surface area contributed by atoms with Gasteiger partial charge >= 0.3 is 12.1 Å². The van der Waals surface area contributed by atoms with Gasteiger partial charge in [0.15, 0.2) is 8.32 Å². The van der Waals surface area contributed by atoms with E-state index in [1.807, 2.05) is 42.5 Å². The summed E-state index contributed by atoms with van der Waals surface area (Å²) in [6.45, 7) is 12.2. The zero-order chi connectivity index (χ0) is 31.4. The topological polar surface area (TPSA) is 135 Å². The first-order valence-electron chi connectivity index (χ1n) is 14.6. The molecule has 0 aromatic heterocycles. The van der Waals surface area contributed by atoms with Gasteiger partial charge in [-0.2, -0.15) is 4.90 Å². The van der Waals surface area contributed by atoms with Gasteiger partial charge in [-0.15, -0.1) is 0 Å². The summed E-state index contributed by atoms with van der Waals surface area (Å²) in [6, 6.07) is 12.0. The zero-order valence-corrected chi connectivity index (χ0v) is 26.6. The Hall–Kier alpha value is -3.80. The first-order chi connectivity index (χ1) is 20.3. The largest absolute Gasteiger partial charge is 0.449 e. The van der Waals surface area contributed by atoms with Crippen molar-refractivity contribution in [1.29, 1.82) is 0 Å². The number of carbonyl (C=O) groups is 3.